The molecule has 0 N–H and O–H groups in total. The highest BCUT2D eigenvalue weighted by molar-refractivity contribution is 7.14. The Bertz CT molecular complexity index is 948. The number of hydrogen-bond donors (Lipinski definition) is 0. The largest absolute Gasteiger partial charge is 0.459 e. The van der Waals surface area contributed by atoms with Crippen molar-refractivity contribution in [2.45, 2.75) is 13.1 Å². The molecule has 2 heterocycles. The van der Waals surface area contributed by atoms with E-state index in [0.29, 0.717) is 6.71 Å². The van der Waals surface area contributed by atoms with Crippen LogP contribution in [0.1, 0.15) is 0 Å². The lowest BCUT2D eigenvalue weighted by Crippen LogP contribution is -2.77. The topological polar surface area (TPSA) is 9.23 Å². The van der Waals surface area contributed by atoms with Crippen LogP contribution in [0.2, 0.25) is 13.1 Å². The third kappa shape index (κ3) is 1.63. The molecule has 3 aromatic carbocycles. The monoisotopic (exact) mass is 312 g/mol. The number of para-hydroxylation sites is 1. The van der Waals surface area contributed by atoms with Crippen LogP contribution >= 0.6 is 0 Å². The summed E-state index contributed by atoms with van der Waals surface area (Å²) in [5.74, 6) is 2.04. The van der Waals surface area contributed by atoms with Gasteiger partial charge >= 0.3 is 0 Å². The Kier molecular flexibility index (Phi) is 2.52. The van der Waals surface area contributed by atoms with Gasteiger partial charge in [-0.25, -0.2) is 0 Å². The molecule has 0 radical (unpaired) electrons. The molecule has 5 rings (SSSR count). The standard InChI is InChI=1S/C20H17BOSi/c1-23(2)18-12-6-4-9-15(18)21-14-8-3-5-10-16(14)22-17-11-7-13-19(23)20(17)21/h3-13H,1-2H3/q-1. The highest BCUT2D eigenvalue weighted by Gasteiger charge is 2.39. The van der Waals surface area contributed by atoms with Crippen molar-refractivity contribution >= 4 is 41.5 Å². The van der Waals surface area contributed by atoms with Crippen LogP contribution in [-0.4, -0.2) is 14.8 Å². The third-order valence-electron chi connectivity index (χ3n) is 5.42. The van der Waals surface area contributed by atoms with Gasteiger partial charge in [-0.2, -0.15) is 23.5 Å². The smallest absolute Gasteiger partial charge is 0.244 e. The van der Waals surface area contributed by atoms with E-state index in [1.807, 2.05) is 0 Å². The Balaban J connectivity index is 1.92. The van der Waals surface area contributed by atoms with Crippen molar-refractivity contribution in [3.8, 4) is 11.5 Å². The summed E-state index contributed by atoms with van der Waals surface area (Å²) in [4.78, 5) is 0. The van der Waals surface area contributed by atoms with Crippen molar-refractivity contribution in [3.63, 3.8) is 0 Å². The molecule has 0 saturated heterocycles. The van der Waals surface area contributed by atoms with Gasteiger partial charge < -0.3 is 4.74 Å². The average Bonchev–Trinajstić information content (AvgIpc) is 2.58. The minimum Gasteiger partial charge on any atom is -0.459 e. The molecule has 2 aliphatic heterocycles. The van der Waals surface area contributed by atoms with Crippen molar-refractivity contribution in [2.24, 2.45) is 0 Å². The summed E-state index contributed by atoms with van der Waals surface area (Å²) in [6, 6.07) is 24.1. The average molecular weight is 312 g/mol. The van der Waals surface area contributed by atoms with E-state index in [2.05, 4.69) is 79.8 Å². The van der Waals surface area contributed by atoms with Crippen LogP contribution in [0.5, 0.6) is 11.5 Å². The Labute approximate surface area is 138 Å². The molecule has 0 amide bonds. The van der Waals surface area contributed by atoms with E-state index in [4.69, 9.17) is 4.74 Å². The van der Waals surface area contributed by atoms with E-state index in [1.54, 1.807) is 5.19 Å². The normalized spacial score (nSPS) is 16.0. The zero-order valence-corrected chi connectivity index (χ0v) is 14.3. The van der Waals surface area contributed by atoms with Crippen LogP contribution in [0, 0.1) is 0 Å². The maximum absolute atomic E-state index is 6.25. The van der Waals surface area contributed by atoms with Gasteiger partial charge in [-0.1, -0.05) is 73.6 Å². The van der Waals surface area contributed by atoms with E-state index in [0.717, 1.165) is 11.5 Å². The van der Waals surface area contributed by atoms with E-state index >= 15 is 0 Å². The van der Waals surface area contributed by atoms with Crippen molar-refractivity contribution in [3.05, 3.63) is 66.7 Å². The summed E-state index contributed by atoms with van der Waals surface area (Å²) in [7, 11) is -1.69. The third-order valence-corrected chi connectivity index (χ3v) is 9.01. The van der Waals surface area contributed by atoms with Gasteiger partial charge in [0.2, 0.25) is 6.71 Å². The number of ether oxygens (including phenoxy) is 1. The van der Waals surface area contributed by atoms with Crippen LogP contribution in [0.15, 0.2) is 66.7 Å². The lowest BCUT2D eigenvalue weighted by Gasteiger charge is -2.48. The Hall–Kier alpha value is -2.26. The number of rotatable bonds is 0. The quantitative estimate of drug-likeness (QED) is 0.447. The second kappa shape index (κ2) is 4.39. The summed E-state index contributed by atoms with van der Waals surface area (Å²) >= 11 is 0. The van der Waals surface area contributed by atoms with Gasteiger partial charge in [0, 0.05) is 0 Å². The molecule has 2 aliphatic rings. The van der Waals surface area contributed by atoms with Gasteiger partial charge in [0.05, 0.1) is 0 Å². The Morgan fingerprint density at radius 3 is 2.22 bits per heavy atom. The lowest BCUT2D eigenvalue weighted by molar-refractivity contribution is 0.488. The van der Waals surface area contributed by atoms with Gasteiger partial charge in [0.25, 0.3) is 0 Å². The summed E-state index contributed by atoms with van der Waals surface area (Å²) in [6.45, 7) is 5.22. The summed E-state index contributed by atoms with van der Waals surface area (Å²) in [6.07, 6.45) is 0. The fourth-order valence-corrected chi connectivity index (χ4v) is 7.55. The summed E-state index contributed by atoms with van der Waals surface area (Å²) in [5, 5.41) is 3.08. The zero-order chi connectivity index (χ0) is 15.6. The number of benzene rings is 3. The van der Waals surface area contributed by atoms with E-state index in [9.17, 15) is 0 Å². The van der Waals surface area contributed by atoms with Gasteiger partial charge in [0.15, 0.2) is 0 Å². The van der Waals surface area contributed by atoms with Gasteiger partial charge in [-0.05, 0) is 17.6 Å². The maximum atomic E-state index is 6.25. The van der Waals surface area contributed by atoms with E-state index in [-0.39, 0.29) is 0 Å². The predicted octanol–water partition coefficient (Wildman–Crippen LogP) is 1.44. The molecular formula is C20H17BOSi-. The molecule has 23 heavy (non-hydrogen) atoms. The Morgan fingerprint density at radius 1 is 0.696 bits per heavy atom. The number of hydrogen-bond acceptors (Lipinski definition) is 1. The molecule has 0 unspecified atom stereocenters. The molecule has 111 valence electrons. The van der Waals surface area contributed by atoms with Crippen molar-refractivity contribution in [1.82, 2.24) is 0 Å². The van der Waals surface area contributed by atoms with Crippen molar-refractivity contribution in [2.75, 3.05) is 0 Å². The summed E-state index contributed by atoms with van der Waals surface area (Å²) in [5.41, 5.74) is 4.17. The van der Waals surface area contributed by atoms with Crippen molar-refractivity contribution < 1.29 is 4.74 Å². The van der Waals surface area contributed by atoms with Crippen molar-refractivity contribution in [1.29, 1.82) is 0 Å². The maximum Gasteiger partial charge on any atom is 0.244 e. The van der Waals surface area contributed by atoms with Gasteiger partial charge in [0.1, 0.15) is 11.5 Å². The second-order valence-corrected chi connectivity index (χ2v) is 11.3. The molecule has 0 bridgehead atoms. The molecule has 1 nitrogen and oxygen atoms in total. The first-order valence-electron chi connectivity index (χ1n) is 8.17. The van der Waals surface area contributed by atoms with Crippen LogP contribution < -0.4 is 31.5 Å². The lowest BCUT2D eigenvalue weighted by atomic mass is 9.35. The van der Waals surface area contributed by atoms with Crippen LogP contribution in [-0.2, 0) is 0 Å². The molecule has 0 atom stereocenters. The van der Waals surface area contributed by atoms with E-state index < -0.39 is 8.07 Å². The molecule has 3 aromatic rings. The minimum atomic E-state index is -1.69. The molecule has 0 spiro atoms. The molecule has 0 fully saturated rings. The van der Waals surface area contributed by atoms with Gasteiger partial charge in [-0.15, -0.1) is 0 Å². The fourth-order valence-electron chi connectivity index (χ4n) is 4.35. The van der Waals surface area contributed by atoms with Crippen LogP contribution in [0.25, 0.3) is 0 Å². The molecule has 0 aromatic heterocycles. The minimum absolute atomic E-state index is 0.308. The SMILES string of the molecule is C[Si-]1(C)c2ccccc2B2c3ccccc3Oc3cccc1c32. The molecule has 0 aliphatic carbocycles. The zero-order valence-electron chi connectivity index (χ0n) is 13.3. The first-order chi connectivity index (χ1) is 11.2. The summed E-state index contributed by atoms with van der Waals surface area (Å²) < 4.78 is 6.25. The predicted molar refractivity (Wildman–Crippen MR) is 101 cm³/mol. The number of fused-ring (bicyclic) bond motifs is 4. The van der Waals surface area contributed by atoms with Crippen LogP contribution in [0.3, 0.4) is 0 Å². The van der Waals surface area contributed by atoms with E-state index in [1.165, 1.54) is 21.6 Å². The first kappa shape index (κ1) is 13.2. The first-order valence-corrected chi connectivity index (χ1v) is 11.2. The highest BCUT2D eigenvalue weighted by atomic mass is 28.3. The van der Waals surface area contributed by atoms with Gasteiger partial charge in [-0.3, -0.25) is 0 Å². The Morgan fingerprint density at radius 2 is 1.35 bits per heavy atom. The fraction of sp³-hybridized carbons (Fsp3) is 0.100. The molecular weight excluding hydrogens is 295 g/mol. The molecule has 0 saturated carbocycles. The van der Waals surface area contributed by atoms with Crippen LogP contribution in [0.4, 0.5) is 0 Å². The molecule has 3 heteroatoms. The highest BCUT2D eigenvalue weighted by Crippen LogP contribution is 2.25. The second-order valence-electron chi connectivity index (χ2n) is 7.00.